The molecule has 3 nitrogen and oxygen atoms in total. The Labute approximate surface area is 90.4 Å². The fourth-order valence-corrected chi connectivity index (χ4v) is 1.87. The highest BCUT2D eigenvalue weighted by atomic mass is 15.0. The number of hydrogen-bond acceptors (Lipinski definition) is 1. The van der Waals surface area contributed by atoms with Crippen molar-refractivity contribution in [2.45, 2.75) is 26.8 Å². The van der Waals surface area contributed by atoms with Gasteiger partial charge in [-0.2, -0.15) is 0 Å². The molecule has 0 aliphatic carbocycles. The molecular formula is C12H17N3. The highest BCUT2D eigenvalue weighted by molar-refractivity contribution is 5.14. The van der Waals surface area contributed by atoms with Crippen LogP contribution in [0.2, 0.25) is 0 Å². The van der Waals surface area contributed by atoms with Crippen LogP contribution in [-0.4, -0.2) is 14.1 Å². The van der Waals surface area contributed by atoms with Crippen LogP contribution >= 0.6 is 0 Å². The second kappa shape index (κ2) is 3.93. The van der Waals surface area contributed by atoms with E-state index in [0.29, 0.717) is 0 Å². The van der Waals surface area contributed by atoms with Crippen LogP contribution in [0.1, 0.15) is 17.1 Å². The molecule has 80 valence electrons. The van der Waals surface area contributed by atoms with Crippen LogP contribution in [0.15, 0.2) is 24.7 Å². The lowest BCUT2D eigenvalue weighted by Crippen LogP contribution is -2.04. The predicted octanol–water partition coefficient (Wildman–Crippen LogP) is 2.08. The number of aryl methyl sites for hydroxylation is 4. The van der Waals surface area contributed by atoms with Crippen LogP contribution < -0.4 is 0 Å². The van der Waals surface area contributed by atoms with Crippen molar-refractivity contribution in [3.05, 3.63) is 41.7 Å². The Balaban J connectivity index is 2.05. The van der Waals surface area contributed by atoms with Gasteiger partial charge in [-0.1, -0.05) is 0 Å². The number of aromatic nitrogens is 3. The summed E-state index contributed by atoms with van der Waals surface area (Å²) >= 11 is 0. The minimum absolute atomic E-state index is 0.997. The smallest absolute Gasteiger partial charge is 0.0946 e. The number of hydrogen-bond donors (Lipinski definition) is 0. The van der Waals surface area contributed by atoms with Crippen molar-refractivity contribution in [2.24, 2.45) is 7.05 Å². The van der Waals surface area contributed by atoms with Crippen molar-refractivity contribution >= 4 is 0 Å². The van der Waals surface area contributed by atoms with Gasteiger partial charge in [-0.05, 0) is 26.0 Å². The maximum Gasteiger partial charge on any atom is 0.0946 e. The summed E-state index contributed by atoms with van der Waals surface area (Å²) in [6.07, 6.45) is 4.93. The van der Waals surface area contributed by atoms with Crippen LogP contribution in [-0.2, 0) is 20.0 Å². The molecule has 2 aromatic heterocycles. The van der Waals surface area contributed by atoms with Gasteiger partial charge in [-0.25, -0.2) is 4.98 Å². The lowest BCUT2D eigenvalue weighted by molar-refractivity contribution is 0.656. The van der Waals surface area contributed by atoms with Gasteiger partial charge in [0, 0.05) is 37.6 Å². The van der Waals surface area contributed by atoms with Crippen molar-refractivity contribution in [3.63, 3.8) is 0 Å². The number of rotatable bonds is 3. The lowest BCUT2D eigenvalue weighted by atomic mass is 10.3. The molecule has 0 saturated carbocycles. The van der Waals surface area contributed by atoms with E-state index in [0.717, 1.165) is 18.7 Å². The van der Waals surface area contributed by atoms with Crippen LogP contribution in [0.3, 0.4) is 0 Å². The second-order valence-electron chi connectivity index (χ2n) is 4.05. The fourth-order valence-electron chi connectivity index (χ4n) is 1.87. The van der Waals surface area contributed by atoms with Crippen LogP contribution in [0.5, 0.6) is 0 Å². The molecule has 2 rings (SSSR count). The largest absolute Gasteiger partial charge is 0.349 e. The van der Waals surface area contributed by atoms with E-state index in [9.17, 15) is 0 Å². The van der Waals surface area contributed by atoms with Gasteiger partial charge >= 0.3 is 0 Å². The molecule has 3 heteroatoms. The first kappa shape index (κ1) is 10.0. The summed E-state index contributed by atoms with van der Waals surface area (Å²) < 4.78 is 4.32. The molecule has 0 unspecified atom stereocenters. The summed E-state index contributed by atoms with van der Waals surface area (Å²) in [4.78, 5) is 4.32. The molecule has 0 aliphatic rings. The monoisotopic (exact) mass is 203 g/mol. The molecule has 0 atom stereocenters. The number of imidazole rings is 1. The number of nitrogens with zero attached hydrogens (tertiary/aromatic N) is 3. The third-order valence-electron chi connectivity index (χ3n) is 2.77. The van der Waals surface area contributed by atoms with E-state index in [1.54, 1.807) is 0 Å². The molecule has 2 aromatic rings. The zero-order valence-corrected chi connectivity index (χ0v) is 9.57. The van der Waals surface area contributed by atoms with E-state index in [-0.39, 0.29) is 0 Å². The van der Waals surface area contributed by atoms with Gasteiger partial charge < -0.3 is 9.13 Å². The van der Waals surface area contributed by atoms with Gasteiger partial charge in [0.15, 0.2) is 0 Å². The van der Waals surface area contributed by atoms with Crippen molar-refractivity contribution in [1.29, 1.82) is 0 Å². The predicted molar refractivity (Wildman–Crippen MR) is 60.8 cm³/mol. The third-order valence-corrected chi connectivity index (χ3v) is 2.77. The minimum atomic E-state index is 0.997. The molecule has 15 heavy (non-hydrogen) atoms. The summed E-state index contributed by atoms with van der Waals surface area (Å²) in [7, 11) is 2.00. The quantitative estimate of drug-likeness (QED) is 0.749. The highest BCUT2D eigenvalue weighted by Gasteiger charge is 2.02. The van der Waals surface area contributed by atoms with Gasteiger partial charge in [-0.15, -0.1) is 0 Å². The molecule has 0 amide bonds. The molecule has 0 saturated heterocycles. The van der Waals surface area contributed by atoms with Crippen molar-refractivity contribution in [1.82, 2.24) is 14.1 Å². The van der Waals surface area contributed by atoms with Crippen molar-refractivity contribution in [3.8, 4) is 0 Å². The Morgan fingerprint density at radius 2 is 1.87 bits per heavy atom. The normalized spacial score (nSPS) is 10.9. The summed E-state index contributed by atoms with van der Waals surface area (Å²) in [5.74, 6) is 0. The average molecular weight is 203 g/mol. The highest BCUT2D eigenvalue weighted by Crippen LogP contribution is 2.08. The van der Waals surface area contributed by atoms with Gasteiger partial charge in [0.2, 0.25) is 0 Å². The topological polar surface area (TPSA) is 22.8 Å². The van der Waals surface area contributed by atoms with E-state index in [1.165, 1.54) is 11.4 Å². The van der Waals surface area contributed by atoms with E-state index < -0.39 is 0 Å². The first-order valence-electron chi connectivity index (χ1n) is 5.26. The average Bonchev–Trinajstić information content (AvgIpc) is 2.73. The molecule has 0 radical (unpaired) electrons. The first-order valence-corrected chi connectivity index (χ1v) is 5.26. The second-order valence-corrected chi connectivity index (χ2v) is 4.05. The molecule has 0 aromatic carbocycles. The van der Waals surface area contributed by atoms with Gasteiger partial charge in [0.1, 0.15) is 0 Å². The Kier molecular flexibility index (Phi) is 2.62. The third kappa shape index (κ3) is 2.12. The summed E-state index contributed by atoms with van der Waals surface area (Å²) in [5, 5.41) is 0. The van der Waals surface area contributed by atoms with Gasteiger partial charge in [-0.3, -0.25) is 0 Å². The molecule has 2 heterocycles. The van der Waals surface area contributed by atoms with E-state index >= 15 is 0 Å². The maximum absolute atomic E-state index is 4.32. The van der Waals surface area contributed by atoms with Gasteiger partial charge in [0.25, 0.3) is 0 Å². The Morgan fingerprint density at radius 1 is 1.20 bits per heavy atom. The molecule has 0 spiro atoms. The van der Waals surface area contributed by atoms with E-state index in [1.807, 2.05) is 17.9 Å². The Morgan fingerprint density at radius 3 is 2.40 bits per heavy atom. The maximum atomic E-state index is 4.32. The van der Waals surface area contributed by atoms with Crippen molar-refractivity contribution < 1.29 is 0 Å². The minimum Gasteiger partial charge on any atom is -0.349 e. The SMILES string of the molecule is Cc1ccc(C)n1CCc1cn(C)cn1. The zero-order valence-electron chi connectivity index (χ0n) is 9.57. The summed E-state index contributed by atoms with van der Waals surface area (Å²) in [6.45, 7) is 5.30. The standard InChI is InChI=1S/C12H17N3/c1-10-4-5-11(2)15(10)7-6-12-8-14(3)9-13-12/h4-5,8-9H,6-7H2,1-3H3. The first-order chi connectivity index (χ1) is 7.16. The molecule has 0 bridgehead atoms. The fraction of sp³-hybridized carbons (Fsp3) is 0.417. The zero-order chi connectivity index (χ0) is 10.8. The summed E-state index contributed by atoms with van der Waals surface area (Å²) in [5.41, 5.74) is 3.80. The Hall–Kier alpha value is -1.51. The van der Waals surface area contributed by atoms with Crippen LogP contribution in [0.4, 0.5) is 0 Å². The van der Waals surface area contributed by atoms with Crippen LogP contribution in [0.25, 0.3) is 0 Å². The van der Waals surface area contributed by atoms with Crippen LogP contribution in [0, 0.1) is 13.8 Å². The molecular weight excluding hydrogens is 186 g/mol. The molecule has 0 aliphatic heterocycles. The van der Waals surface area contributed by atoms with E-state index in [4.69, 9.17) is 0 Å². The van der Waals surface area contributed by atoms with Gasteiger partial charge in [0.05, 0.1) is 12.0 Å². The lowest BCUT2D eigenvalue weighted by Gasteiger charge is -2.07. The molecule has 0 fully saturated rings. The molecule has 0 N–H and O–H groups in total. The van der Waals surface area contributed by atoms with E-state index in [2.05, 4.69) is 41.7 Å². The summed E-state index contributed by atoms with van der Waals surface area (Å²) in [6, 6.07) is 4.32. The Bertz CT molecular complexity index is 432. The van der Waals surface area contributed by atoms with Crippen molar-refractivity contribution in [2.75, 3.05) is 0 Å².